The molecule has 0 amide bonds. The van der Waals surface area contributed by atoms with Crippen LogP contribution in [0.25, 0.3) is 6.08 Å². The van der Waals surface area contributed by atoms with Gasteiger partial charge in [-0.15, -0.1) is 0 Å². The van der Waals surface area contributed by atoms with Crippen LogP contribution in [0.1, 0.15) is 5.56 Å². The van der Waals surface area contributed by atoms with Crippen LogP contribution in [0.5, 0.6) is 17.2 Å². The van der Waals surface area contributed by atoms with Crippen LogP contribution in [0, 0.1) is 20.2 Å². The highest BCUT2D eigenvalue weighted by Gasteiger charge is 2.22. The van der Waals surface area contributed by atoms with Crippen LogP contribution in [-0.4, -0.2) is 22.6 Å². The lowest BCUT2D eigenvalue weighted by atomic mass is 10.1. The minimum absolute atomic E-state index is 0.0552. The van der Waals surface area contributed by atoms with Crippen molar-refractivity contribution < 1.29 is 28.9 Å². The van der Waals surface area contributed by atoms with Gasteiger partial charge in [-0.2, -0.15) is 0 Å². The Morgan fingerprint density at radius 1 is 1.11 bits per heavy atom. The van der Waals surface area contributed by atoms with Gasteiger partial charge in [0, 0.05) is 18.2 Å². The van der Waals surface area contributed by atoms with Gasteiger partial charge in [0.1, 0.15) is 5.75 Å². The molecule has 0 atom stereocenters. The number of carbonyl (C=O) groups is 1. The summed E-state index contributed by atoms with van der Waals surface area (Å²) in [7, 11) is 0. The number of hydrogen-bond acceptors (Lipinski definition) is 8. The number of esters is 1. The van der Waals surface area contributed by atoms with Crippen molar-refractivity contribution >= 4 is 35.0 Å². The van der Waals surface area contributed by atoms with Gasteiger partial charge in [-0.3, -0.25) is 20.2 Å². The van der Waals surface area contributed by atoms with Crippen molar-refractivity contribution in [3.63, 3.8) is 0 Å². The maximum absolute atomic E-state index is 11.9. The summed E-state index contributed by atoms with van der Waals surface area (Å²) in [5, 5.41) is 21.7. The van der Waals surface area contributed by atoms with E-state index >= 15 is 0 Å². The number of nitro groups is 2. The van der Waals surface area contributed by atoms with Crippen molar-refractivity contribution in [2.24, 2.45) is 0 Å². The number of halogens is 1. The molecule has 10 nitrogen and oxygen atoms in total. The first-order valence-corrected chi connectivity index (χ1v) is 7.65. The number of non-ortho nitro benzene ring substituents is 1. The van der Waals surface area contributed by atoms with E-state index in [-0.39, 0.29) is 40.3 Å². The Morgan fingerprint density at radius 3 is 2.44 bits per heavy atom. The number of rotatable bonds is 5. The van der Waals surface area contributed by atoms with Gasteiger partial charge in [0.05, 0.1) is 26.5 Å². The van der Waals surface area contributed by atoms with Crippen molar-refractivity contribution in [3.8, 4) is 17.2 Å². The number of carbonyl (C=O) groups excluding carboxylic acids is 1. The van der Waals surface area contributed by atoms with Crippen LogP contribution in [0.15, 0.2) is 36.4 Å². The Balaban J connectivity index is 1.79. The minimum Gasteiger partial charge on any atom is -0.454 e. The molecule has 2 aromatic carbocycles. The number of ether oxygens (including phenoxy) is 3. The smallest absolute Gasteiger partial charge is 0.336 e. The van der Waals surface area contributed by atoms with E-state index in [2.05, 4.69) is 0 Å². The van der Waals surface area contributed by atoms with E-state index in [0.29, 0.717) is 5.75 Å². The van der Waals surface area contributed by atoms with Gasteiger partial charge in [0.25, 0.3) is 11.4 Å². The van der Waals surface area contributed by atoms with Gasteiger partial charge in [0.15, 0.2) is 11.5 Å². The Labute approximate surface area is 155 Å². The normalized spacial score (nSPS) is 12.2. The second kappa shape index (κ2) is 7.30. The Hall–Kier alpha value is -3.66. The molecule has 0 unspecified atom stereocenters. The van der Waals surface area contributed by atoms with Gasteiger partial charge in [0.2, 0.25) is 6.79 Å². The maximum Gasteiger partial charge on any atom is 0.336 e. The van der Waals surface area contributed by atoms with Gasteiger partial charge in [-0.05, 0) is 18.2 Å². The first kappa shape index (κ1) is 18.1. The highest BCUT2D eigenvalue weighted by molar-refractivity contribution is 6.32. The largest absolute Gasteiger partial charge is 0.454 e. The average Bonchev–Trinajstić information content (AvgIpc) is 3.08. The zero-order valence-electron chi connectivity index (χ0n) is 13.3. The third-order valence-corrected chi connectivity index (χ3v) is 3.75. The van der Waals surface area contributed by atoms with Crippen LogP contribution in [0.4, 0.5) is 11.4 Å². The molecule has 0 saturated heterocycles. The first-order chi connectivity index (χ1) is 12.8. The predicted octanol–water partition coefficient (Wildman–Crippen LogP) is 3.50. The number of nitrogens with zero attached hydrogens (tertiary/aromatic N) is 2. The van der Waals surface area contributed by atoms with E-state index in [1.807, 2.05) is 0 Å². The van der Waals surface area contributed by atoms with E-state index < -0.39 is 15.8 Å². The van der Waals surface area contributed by atoms with E-state index in [1.165, 1.54) is 24.3 Å². The molecule has 138 valence electrons. The van der Waals surface area contributed by atoms with Crippen molar-refractivity contribution in [1.29, 1.82) is 0 Å². The molecule has 3 rings (SSSR count). The summed E-state index contributed by atoms with van der Waals surface area (Å²) < 4.78 is 15.2. The predicted molar refractivity (Wildman–Crippen MR) is 92.0 cm³/mol. The van der Waals surface area contributed by atoms with E-state index in [4.69, 9.17) is 25.8 Å². The molecule has 2 aromatic rings. The first-order valence-electron chi connectivity index (χ1n) is 7.27. The number of benzene rings is 2. The summed E-state index contributed by atoms with van der Waals surface area (Å²) in [6, 6.07) is 5.90. The molecule has 11 heteroatoms. The fourth-order valence-electron chi connectivity index (χ4n) is 2.22. The zero-order valence-corrected chi connectivity index (χ0v) is 14.0. The number of nitro benzene ring substituents is 2. The zero-order chi connectivity index (χ0) is 19.6. The molecule has 0 N–H and O–H groups in total. The molecule has 0 radical (unpaired) electrons. The van der Waals surface area contributed by atoms with Crippen LogP contribution >= 0.6 is 11.6 Å². The topological polar surface area (TPSA) is 131 Å². The second-order valence-electron chi connectivity index (χ2n) is 5.15. The maximum atomic E-state index is 11.9. The molecule has 1 aliphatic heterocycles. The molecule has 1 heterocycles. The van der Waals surface area contributed by atoms with E-state index in [1.54, 1.807) is 0 Å². The number of hydrogen-bond donors (Lipinski definition) is 0. The van der Waals surface area contributed by atoms with Crippen LogP contribution in [-0.2, 0) is 4.79 Å². The number of fused-ring (bicyclic) bond motifs is 1. The van der Waals surface area contributed by atoms with Crippen molar-refractivity contribution in [3.05, 3.63) is 67.2 Å². The van der Waals surface area contributed by atoms with Gasteiger partial charge in [-0.25, -0.2) is 4.79 Å². The SMILES string of the molecule is O=C(/C=C/c1cc2c(cc1[N+](=O)[O-])OCO2)Oc1ccc([N+](=O)[O-])cc1Cl. The third-order valence-electron chi connectivity index (χ3n) is 3.45. The summed E-state index contributed by atoms with van der Waals surface area (Å²) in [5.74, 6) is -0.416. The van der Waals surface area contributed by atoms with Gasteiger partial charge < -0.3 is 14.2 Å². The third kappa shape index (κ3) is 3.96. The second-order valence-corrected chi connectivity index (χ2v) is 5.55. The highest BCUT2D eigenvalue weighted by atomic mass is 35.5. The standard InChI is InChI=1S/C16H9ClN2O8/c17-11-6-10(18(21)22)2-3-13(11)27-16(20)4-1-9-5-14-15(26-8-25-14)7-12(9)19(23)24/h1-7H,8H2/b4-1+. The summed E-state index contributed by atoms with van der Waals surface area (Å²) in [6.45, 7) is -0.0552. The van der Waals surface area contributed by atoms with Crippen LogP contribution < -0.4 is 14.2 Å². The Bertz CT molecular complexity index is 989. The lowest BCUT2D eigenvalue weighted by molar-refractivity contribution is -0.385. The molecular formula is C16H9ClN2O8. The highest BCUT2D eigenvalue weighted by Crippen LogP contribution is 2.38. The summed E-state index contributed by atoms with van der Waals surface area (Å²) >= 11 is 5.84. The van der Waals surface area contributed by atoms with E-state index in [9.17, 15) is 25.0 Å². The monoisotopic (exact) mass is 392 g/mol. The Morgan fingerprint density at radius 2 is 1.81 bits per heavy atom. The van der Waals surface area contributed by atoms with Crippen LogP contribution in [0.2, 0.25) is 5.02 Å². The van der Waals surface area contributed by atoms with E-state index in [0.717, 1.165) is 18.2 Å². The minimum atomic E-state index is -0.877. The molecule has 0 fully saturated rings. The fraction of sp³-hybridized carbons (Fsp3) is 0.0625. The molecule has 27 heavy (non-hydrogen) atoms. The van der Waals surface area contributed by atoms with Crippen LogP contribution in [0.3, 0.4) is 0 Å². The van der Waals surface area contributed by atoms with Crippen molar-refractivity contribution in [1.82, 2.24) is 0 Å². The van der Waals surface area contributed by atoms with Gasteiger partial charge in [-0.1, -0.05) is 11.6 Å². The van der Waals surface area contributed by atoms with Gasteiger partial charge >= 0.3 is 5.97 Å². The quantitative estimate of drug-likeness (QED) is 0.248. The molecule has 0 bridgehead atoms. The lowest BCUT2D eigenvalue weighted by Gasteiger charge is -2.04. The molecule has 1 aliphatic rings. The molecule has 0 aromatic heterocycles. The Kier molecular flexibility index (Phi) is 4.90. The summed E-state index contributed by atoms with van der Waals surface area (Å²) in [6.07, 6.45) is 2.14. The molecule has 0 saturated carbocycles. The lowest BCUT2D eigenvalue weighted by Crippen LogP contribution is -2.04. The summed E-state index contributed by atoms with van der Waals surface area (Å²) in [5.41, 5.74) is -0.431. The fourth-order valence-corrected chi connectivity index (χ4v) is 2.44. The molecule has 0 spiro atoms. The summed E-state index contributed by atoms with van der Waals surface area (Å²) in [4.78, 5) is 32.5. The average molecular weight is 393 g/mol. The van der Waals surface area contributed by atoms with Crippen molar-refractivity contribution in [2.45, 2.75) is 0 Å². The molecule has 0 aliphatic carbocycles. The molecular weight excluding hydrogens is 384 g/mol. The van der Waals surface area contributed by atoms with Crippen molar-refractivity contribution in [2.75, 3.05) is 6.79 Å².